The van der Waals surface area contributed by atoms with E-state index in [1.54, 1.807) is 24.3 Å². The quantitative estimate of drug-likeness (QED) is 0.214. The maximum atomic E-state index is 12.4. The number of aliphatic carboxylic acids is 1. The molecule has 0 saturated heterocycles. The maximum Gasteiger partial charge on any atom is 0.307 e. The molecule has 1 aliphatic heterocycles. The Morgan fingerprint density at radius 3 is 1.79 bits per heavy atom. The first-order chi connectivity index (χ1) is 16.0. The molecule has 2 amide bonds. The fourth-order valence-corrected chi connectivity index (χ4v) is 4.40. The molecule has 0 fully saturated rings. The van der Waals surface area contributed by atoms with Gasteiger partial charge < -0.3 is 5.11 Å². The molecule has 0 aromatic heterocycles. The standard InChI is InChI=1S/C27H39NO5/c1-2-3-4-5-6-7-8-9-10-11-12-15-22(29)20-21(27(32)33)18-19-28-25(30)23-16-13-14-17-24(23)26(28)31/h13-14,16-17,21H,2-12,15,18-20H2,1H3,(H,32,33). The zero-order chi connectivity index (χ0) is 24.1. The number of rotatable bonds is 18. The number of carboxylic acid groups (broad SMARTS) is 1. The Kier molecular flexibility index (Phi) is 11.8. The number of carbonyl (C=O) groups is 4. The Hall–Kier alpha value is -2.50. The van der Waals surface area contributed by atoms with Gasteiger partial charge in [0.2, 0.25) is 0 Å². The fraction of sp³-hybridized carbons (Fsp3) is 0.630. The van der Waals surface area contributed by atoms with Crippen molar-refractivity contribution in [2.45, 2.75) is 96.8 Å². The highest BCUT2D eigenvalue weighted by Gasteiger charge is 2.35. The Morgan fingerprint density at radius 1 is 0.818 bits per heavy atom. The molecule has 6 heteroatoms. The average molecular weight is 458 g/mol. The molecule has 6 nitrogen and oxygen atoms in total. The van der Waals surface area contributed by atoms with Crippen LogP contribution in [0.25, 0.3) is 0 Å². The van der Waals surface area contributed by atoms with E-state index in [1.165, 1.54) is 51.4 Å². The first-order valence-electron chi connectivity index (χ1n) is 12.7. The van der Waals surface area contributed by atoms with Crippen LogP contribution in [0.15, 0.2) is 24.3 Å². The summed E-state index contributed by atoms with van der Waals surface area (Å²) in [4.78, 5) is 49.9. The van der Waals surface area contributed by atoms with E-state index in [0.29, 0.717) is 17.5 Å². The number of Topliss-reactive ketones (excluding diaryl/α,β-unsaturated/α-hetero) is 1. The zero-order valence-corrected chi connectivity index (χ0v) is 20.0. The second-order valence-corrected chi connectivity index (χ2v) is 9.16. The number of fused-ring (bicyclic) bond motifs is 1. The van der Waals surface area contributed by atoms with E-state index in [2.05, 4.69) is 6.92 Å². The third-order valence-corrected chi connectivity index (χ3v) is 6.46. The van der Waals surface area contributed by atoms with Crippen LogP contribution in [0.5, 0.6) is 0 Å². The molecule has 1 N–H and O–H groups in total. The molecular formula is C27H39NO5. The predicted octanol–water partition coefficient (Wildman–Crippen LogP) is 6.03. The molecule has 0 radical (unpaired) electrons. The molecule has 33 heavy (non-hydrogen) atoms. The molecule has 1 aromatic carbocycles. The average Bonchev–Trinajstić information content (AvgIpc) is 3.04. The van der Waals surface area contributed by atoms with Gasteiger partial charge in [-0.2, -0.15) is 0 Å². The highest BCUT2D eigenvalue weighted by molar-refractivity contribution is 6.21. The fourth-order valence-electron chi connectivity index (χ4n) is 4.40. The number of nitrogens with zero attached hydrogens (tertiary/aromatic N) is 1. The summed E-state index contributed by atoms with van der Waals surface area (Å²) in [7, 11) is 0. The molecule has 0 bridgehead atoms. The number of imide groups is 1. The summed E-state index contributed by atoms with van der Waals surface area (Å²) in [6, 6.07) is 6.59. The second kappa shape index (κ2) is 14.6. The molecule has 1 unspecified atom stereocenters. The molecular weight excluding hydrogens is 418 g/mol. The van der Waals surface area contributed by atoms with E-state index in [-0.39, 0.29) is 25.2 Å². The number of ketones is 1. The Morgan fingerprint density at radius 2 is 1.30 bits per heavy atom. The van der Waals surface area contributed by atoms with Gasteiger partial charge in [0.1, 0.15) is 5.78 Å². The Bertz CT molecular complexity index is 768. The van der Waals surface area contributed by atoms with Crippen LogP contribution in [-0.2, 0) is 9.59 Å². The van der Waals surface area contributed by atoms with Crippen molar-refractivity contribution < 1.29 is 24.3 Å². The summed E-state index contributed by atoms with van der Waals surface area (Å²) >= 11 is 0. The van der Waals surface area contributed by atoms with Crippen LogP contribution in [0.4, 0.5) is 0 Å². The lowest BCUT2D eigenvalue weighted by molar-refractivity contribution is -0.144. The van der Waals surface area contributed by atoms with Crippen molar-refractivity contribution >= 4 is 23.6 Å². The SMILES string of the molecule is CCCCCCCCCCCCCC(=O)CC(CCN1C(=O)c2ccccc2C1=O)C(=O)O. The van der Waals surface area contributed by atoms with E-state index in [1.807, 2.05) is 0 Å². The predicted molar refractivity (Wildman–Crippen MR) is 128 cm³/mol. The third-order valence-electron chi connectivity index (χ3n) is 6.46. The van der Waals surface area contributed by atoms with Gasteiger partial charge in [-0.3, -0.25) is 24.1 Å². The number of benzene rings is 1. The molecule has 1 atom stereocenters. The normalized spacial score (nSPS) is 13.9. The van der Waals surface area contributed by atoms with Crippen molar-refractivity contribution in [1.29, 1.82) is 0 Å². The number of hydrogen-bond acceptors (Lipinski definition) is 4. The Balaban J connectivity index is 1.62. The van der Waals surface area contributed by atoms with Crippen LogP contribution in [-0.4, -0.2) is 40.1 Å². The number of carboxylic acids is 1. The summed E-state index contributed by atoms with van der Waals surface area (Å²) in [6.07, 6.45) is 13.7. The molecule has 2 rings (SSSR count). The number of hydrogen-bond donors (Lipinski definition) is 1. The van der Waals surface area contributed by atoms with Crippen LogP contribution in [0.3, 0.4) is 0 Å². The molecule has 1 aliphatic rings. The third kappa shape index (κ3) is 8.75. The number of unbranched alkanes of at least 4 members (excludes halogenated alkanes) is 10. The van der Waals surface area contributed by atoms with Gasteiger partial charge >= 0.3 is 5.97 Å². The minimum absolute atomic E-state index is 0.00897. The van der Waals surface area contributed by atoms with Gasteiger partial charge in [0.25, 0.3) is 11.8 Å². The lowest BCUT2D eigenvalue weighted by atomic mass is 9.95. The number of carbonyl (C=O) groups excluding carboxylic acids is 3. The van der Waals surface area contributed by atoms with Gasteiger partial charge in [-0.1, -0.05) is 83.3 Å². The van der Waals surface area contributed by atoms with Crippen molar-refractivity contribution in [2.75, 3.05) is 6.54 Å². The van der Waals surface area contributed by atoms with Crippen LogP contribution < -0.4 is 0 Å². The monoisotopic (exact) mass is 457 g/mol. The van der Waals surface area contributed by atoms with Gasteiger partial charge in [-0.25, -0.2) is 0 Å². The summed E-state index contributed by atoms with van der Waals surface area (Å²) in [5, 5.41) is 9.52. The lowest BCUT2D eigenvalue weighted by Crippen LogP contribution is -2.33. The van der Waals surface area contributed by atoms with Crippen LogP contribution in [0, 0.1) is 5.92 Å². The summed E-state index contributed by atoms with van der Waals surface area (Å²) in [5.74, 6) is -2.78. The van der Waals surface area contributed by atoms with Gasteiger partial charge in [-0.15, -0.1) is 0 Å². The first kappa shape index (κ1) is 26.7. The lowest BCUT2D eigenvalue weighted by Gasteiger charge is -2.17. The molecule has 0 aliphatic carbocycles. The summed E-state index contributed by atoms with van der Waals surface area (Å²) in [5.41, 5.74) is 0.698. The van der Waals surface area contributed by atoms with Crippen LogP contribution >= 0.6 is 0 Å². The molecule has 1 aromatic rings. The zero-order valence-electron chi connectivity index (χ0n) is 20.0. The van der Waals surface area contributed by atoms with E-state index in [0.717, 1.165) is 24.2 Å². The van der Waals surface area contributed by atoms with Gasteiger partial charge in [0.05, 0.1) is 17.0 Å². The largest absolute Gasteiger partial charge is 0.481 e. The highest BCUT2D eigenvalue weighted by atomic mass is 16.4. The number of amides is 2. The van der Waals surface area contributed by atoms with Crippen molar-refractivity contribution in [3.8, 4) is 0 Å². The first-order valence-corrected chi connectivity index (χ1v) is 12.7. The smallest absolute Gasteiger partial charge is 0.307 e. The highest BCUT2D eigenvalue weighted by Crippen LogP contribution is 2.24. The summed E-state index contributed by atoms with van der Waals surface area (Å²) in [6.45, 7) is 2.24. The van der Waals surface area contributed by atoms with Crippen LogP contribution in [0.1, 0.15) is 118 Å². The molecule has 0 spiro atoms. The van der Waals surface area contributed by atoms with E-state index >= 15 is 0 Å². The Labute approximate surface area is 197 Å². The van der Waals surface area contributed by atoms with Crippen LogP contribution in [0.2, 0.25) is 0 Å². The van der Waals surface area contributed by atoms with E-state index < -0.39 is 23.7 Å². The van der Waals surface area contributed by atoms with E-state index in [4.69, 9.17) is 0 Å². The minimum Gasteiger partial charge on any atom is -0.481 e. The van der Waals surface area contributed by atoms with E-state index in [9.17, 15) is 24.3 Å². The molecule has 182 valence electrons. The van der Waals surface area contributed by atoms with Crippen molar-refractivity contribution in [3.05, 3.63) is 35.4 Å². The van der Waals surface area contributed by atoms with Crippen molar-refractivity contribution in [2.24, 2.45) is 5.92 Å². The van der Waals surface area contributed by atoms with Crippen molar-refractivity contribution in [1.82, 2.24) is 4.90 Å². The maximum absolute atomic E-state index is 12.4. The second-order valence-electron chi connectivity index (χ2n) is 9.16. The topological polar surface area (TPSA) is 91.8 Å². The summed E-state index contributed by atoms with van der Waals surface area (Å²) < 4.78 is 0. The molecule has 1 heterocycles. The van der Waals surface area contributed by atoms with Gasteiger partial charge in [-0.05, 0) is 25.0 Å². The van der Waals surface area contributed by atoms with Crippen molar-refractivity contribution in [3.63, 3.8) is 0 Å². The minimum atomic E-state index is -1.06. The van der Waals surface area contributed by atoms with Gasteiger partial charge in [0.15, 0.2) is 0 Å². The molecule has 0 saturated carbocycles. The van der Waals surface area contributed by atoms with Gasteiger partial charge in [0, 0.05) is 19.4 Å².